The lowest BCUT2D eigenvalue weighted by atomic mass is 10.1. The van der Waals surface area contributed by atoms with Crippen molar-refractivity contribution >= 4 is 45.1 Å². The Morgan fingerprint density at radius 3 is 2.48 bits per heavy atom. The second kappa shape index (κ2) is 6.86. The van der Waals surface area contributed by atoms with Crippen molar-refractivity contribution < 1.29 is 9.53 Å². The zero-order chi connectivity index (χ0) is 18.2. The Bertz CT molecular complexity index is 849. The van der Waals surface area contributed by atoms with E-state index in [1.54, 1.807) is 11.1 Å². The molecule has 1 aliphatic rings. The molecule has 1 aromatic heterocycles. The van der Waals surface area contributed by atoms with E-state index in [0.29, 0.717) is 18.5 Å². The van der Waals surface area contributed by atoms with Gasteiger partial charge in [0.25, 0.3) is 5.56 Å². The summed E-state index contributed by atoms with van der Waals surface area (Å²) < 4.78 is 6.45. The molecule has 0 unspecified atom stereocenters. The number of hydrogen-bond donors (Lipinski definition) is 1. The number of nitrogens with zero attached hydrogens (tertiary/aromatic N) is 2. The minimum atomic E-state index is -0.476. The molecule has 1 aromatic carbocycles. The highest BCUT2D eigenvalue weighted by atomic mass is 127. The molecule has 6 nitrogen and oxygen atoms in total. The maximum Gasteiger partial charge on any atom is 0.410 e. The minimum absolute atomic E-state index is 0.0725. The Balaban J connectivity index is 1.73. The first-order valence-electron chi connectivity index (χ1n) is 8.28. The van der Waals surface area contributed by atoms with Crippen LogP contribution in [0, 0.1) is 3.57 Å². The van der Waals surface area contributed by atoms with Crippen LogP contribution >= 0.6 is 22.6 Å². The number of ether oxygens (including phenoxy) is 1. The third-order valence-electron chi connectivity index (χ3n) is 4.13. The van der Waals surface area contributed by atoms with Crippen LogP contribution in [0.15, 0.2) is 29.2 Å². The summed E-state index contributed by atoms with van der Waals surface area (Å²) in [6, 6.07) is 5.89. The van der Waals surface area contributed by atoms with Crippen LogP contribution in [0.4, 0.5) is 10.5 Å². The summed E-state index contributed by atoms with van der Waals surface area (Å²) in [5.41, 5.74) is 0.521. The van der Waals surface area contributed by atoms with E-state index in [-0.39, 0.29) is 11.7 Å². The van der Waals surface area contributed by atoms with Crippen molar-refractivity contribution in [3.8, 4) is 0 Å². The van der Waals surface area contributed by atoms with Crippen molar-refractivity contribution in [2.75, 3.05) is 31.1 Å². The van der Waals surface area contributed by atoms with Gasteiger partial charge in [0.15, 0.2) is 0 Å². The molecule has 134 valence electrons. The Kier molecular flexibility index (Phi) is 4.95. The summed E-state index contributed by atoms with van der Waals surface area (Å²) in [6.45, 7) is 8.35. The van der Waals surface area contributed by atoms with Gasteiger partial charge in [-0.05, 0) is 61.6 Å². The number of carbonyl (C=O) groups excluding carboxylic acids is 1. The molecule has 0 radical (unpaired) electrons. The van der Waals surface area contributed by atoms with E-state index < -0.39 is 5.60 Å². The van der Waals surface area contributed by atoms with Crippen molar-refractivity contribution in [2.45, 2.75) is 26.4 Å². The number of piperazine rings is 1. The van der Waals surface area contributed by atoms with E-state index in [4.69, 9.17) is 4.74 Å². The predicted molar refractivity (Wildman–Crippen MR) is 107 cm³/mol. The highest BCUT2D eigenvalue weighted by Gasteiger charge is 2.26. The largest absolute Gasteiger partial charge is 0.444 e. The molecular weight excluding hydrogens is 433 g/mol. The van der Waals surface area contributed by atoms with E-state index in [1.165, 1.54) is 0 Å². The minimum Gasteiger partial charge on any atom is -0.444 e. The molecule has 2 aromatic rings. The number of aromatic nitrogens is 1. The third-order valence-corrected chi connectivity index (χ3v) is 5.02. The first-order chi connectivity index (χ1) is 11.7. The summed E-state index contributed by atoms with van der Waals surface area (Å²) >= 11 is 2.23. The third kappa shape index (κ3) is 4.08. The van der Waals surface area contributed by atoms with Crippen molar-refractivity contribution in [3.63, 3.8) is 0 Å². The second-order valence-corrected chi connectivity index (χ2v) is 8.31. The molecule has 25 heavy (non-hydrogen) atoms. The zero-order valence-electron chi connectivity index (χ0n) is 14.6. The van der Waals surface area contributed by atoms with Crippen LogP contribution in [0.25, 0.3) is 10.8 Å². The molecule has 1 amide bonds. The highest BCUT2D eigenvalue weighted by molar-refractivity contribution is 14.1. The van der Waals surface area contributed by atoms with Gasteiger partial charge in [-0.2, -0.15) is 0 Å². The SMILES string of the molecule is CC(C)(C)OC(=O)N1CCN(c2ccc3c(=O)[nH]cc(I)c3c2)CC1. The average Bonchev–Trinajstić information content (AvgIpc) is 2.57. The van der Waals surface area contributed by atoms with E-state index >= 15 is 0 Å². The maximum atomic E-state index is 12.2. The van der Waals surface area contributed by atoms with E-state index in [0.717, 1.165) is 27.7 Å². The number of rotatable bonds is 1. The van der Waals surface area contributed by atoms with Crippen molar-refractivity contribution in [2.24, 2.45) is 0 Å². The fraction of sp³-hybridized carbons (Fsp3) is 0.444. The van der Waals surface area contributed by atoms with Gasteiger partial charge in [-0.3, -0.25) is 4.79 Å². The van der Waals surface area contributed by atoms with Crippen LogP contribution in [-0.2, 0) is 4.74 Å². The summed E-state index contributed by atoms with van der Waals surface area (Å²) in [7, 11) is 0. The van der Waals surface area contributed by atoms with Gasteiger partial charge in [0.1, 0.15) is 5.60 Å². The summed E-state index contributed by atoms with van der Waals surface area (Å²) in [5.74, 6) is 0. The molecule has 1 fully saturated rings. The Hall–Kier alpha value is -1.77. The fourth-order valence-electron chi connectivity index (χ4n) is 2.88. The standard InChI is InChI=1S/C18H22IN3O3/c1-18(2,3)25-17(24)22-8-6-21(7-9-22)12-4-5-13-14(10-12)15(19)11-20-16(13)23/h4-5,10-11H,6-9H2,1-3H3,(H,20,23). The Labute approximate surface area is 160 Å². The quantitative estimate of drug-likeness (QED) is 0.671. The van der Waals surface area contributed by atoms with Crippen molar-refractivity contribution in [1.29, 1.82) is 0 Å². The average molecular weight is 455 g/mol. The molecule has 1 N–H and O–H groups in total. The number of fused-ring (bicyclic) bond motifs is 1. The van der Waals surface area contributed by atoms with Crippen molar-refractivity contribution in [3.05, 3.63) is 38.3 Å². The normalized spacial score (nSPS) is 15.5. The lowest BCUT2D eigenvalue weighted by molar-refractivity contribution is 0.0240. The lowest BCUT2D eigenvalue weighted by Gasteiger charge is -2.36. The predicted octanol–water partition coefficient (Wildman–Crippen LogP) is 3.19. The molecular formula is C18H22IN3O3. The number of pyridine rings is 1. The van der Waals surface area contributed by atoms with Gasteiger partial charge < -0.3 is 19.5 Å². The smallest absolute Gasteiger partial charge is 0.410 e. The number of benzene rings is 1. The molecule has 0 aliphatic carbocycles. The molecule has 0 saturated carbocycles. The number of anilines is 1. The van der Waals surface area contributed by atoms with Crippen LogP contribution in [0.5, 0.6) is 0 Å². The second-order valence-electron chi connectivity index (χ2n) is 7.15. The Morgan fingerprint density at radius 2 is 1.84 bits per heavy atom. The van der Waals surface area contributed by atoms with Crippen LogP contribution in [-0.4, -0.2) is 47.8 Å². The van der Waals surface area contributed by atoms with Gasteiger partial charge in [-0.25, -0.2) is 4.79 Å². The highest BCUT2D eigenvalue weighted by Crippen LogP contribution is 2.25. The molecule has 7 heteroatoms. The molecule has 1 aliphatic heterocycles. The lowest BCUT2D eigenvalue weighted by Crippen LogP contribution is -2.50. The van der Waals surface area contributed by atoms with Crippen LogP contribution < -0.4 is 10.5 Å². The molecule has 0 atom stereocenters. The van der Waals surface area contributed by atoms with Gasteiger partial charge in [0.2, 0.25) is 0 Å². The number of amides is 1. The number of nitrogens with one attached hydrogen (secondary N) is 1. The number of carbonyl (C=O) groups is 1. The zero-order valence-corrected chi connectivity index (χ0v) is 16.8. The van der Waals surface area contributed by atoms with Crippen LogP contribution in [0.3, 0.4) is 0 Å². The molecule has 1 saturated heterocycles. The van der Waals surface area contributed by atoms with Gasteiger partial charge in [0, 0.05) is 52.4 Å². The van der Waals surface area contributed by atoms with Crippen molar-refractivity contribution in [1.82, 2.24) is 9.88 Å². The topological polar surface area (TPSA) is 65.6 Å². The van der Waals surface area contributed by atoms with Gasteiger partial charge >= 0.3 is 6.09 Å². The summed E-state index contributed by atoms with van der Waals surface area (Å²) in [5, 5.41) is 1.65. The summed E-state index contributed by atoms with van der Waals surface area (Å²) in [4.78, 5) is 30.8. The first-order valence-corrected chi connectivity index (χ1v) is 9.36. The van der Waals surface area contributed by atoms with Gasteiger partial charge in [-0.15, -0.1) is 0 Å². The number of H-pyrrole nitrogens is 1. The van der Waals surface area contributed by atoms with Crippen LogP contribution in [0.2, 0.25) is 0 Å². The van der Waals surface area contributed by atoms with E-state index in [1.807, 2.05) is 32.9 Å². The van der Waals surface area contributed by atoms with E-state index in [2.05, 4.69) is 38.5 Å². The number of aromatic amines is 1. The molecule has 2 heterocycles. The molecule has 0 bridgehead atoms. The number of hydrogen-bond acceptors (Lipinski definition) is 4. The van der Waals surface area contributed by atoms with Gasteiger partial charge in [-0.1, -0.05) is 0 Å². The maximum absolute atomic E-state index is 12.2. The Morgan fingerprint density at radius 1 is 1.16 bits per heavy atom. The van der Waals surface area contributed by atoms with Crippen LogP contribution in [0.1, 0.15) is 20.8 Å². The van der Waals surface area contributed by atoms with Gasteiger partial charge in [0.05, 0.1) is 0 Å². The number of halogens is 1. The monoisotopic (exact) mass is 455 g/mol. The summed E-state index contributed by atoms with van der Waals surface area (Å²) in [6.07, 6.45) is 1.47. The van der Waals surface area contributed by atoms with E-state index in [9.17, 15) is 9.59 Å². The fourth-order valence-corrected chi connectivity index (χ4v) is 3.48. The first kappa shape index (κ1) is 18.0. The molecule has 3 rings (SSSR count). The molecule has 0 spiro atoms.